The molecule has 3 amide bonds. The highest BCUT2D eigenvalue weighted by Crippen LogP contribution is 2.25. The van der Waals surface area contributed by atoms with Crippen molar-refractivity contribution in [3.63, 3.8) is 0 Å². The molecule has 2 aliphatic heterocycles. The predicted octanol–water partition coefficient (Wildman–Crippen LogP) is 3.48. The fraction of sp³-hybridized carbons (Fsp3) is 0.370. The summed E-state index contributed by atoms with van der Waals surface area (Å²) >= 11 is 0. The average Bonchev–Trinajstić information content (AvgIpc) is 3.34. The number of carbonyl (C=O) groups is 2. The fourth-order valence-electron chi connectivity index (χ4n) is 4.58. The van der Waals surface area contributed by atoms with Gasteiger partial charge in [0.1, 0.15) is 5.82 Å². The van der Waals surface area contributed by atoms with Crippen molar-refractivity contribution in [3.8, 4) is 0 Å². The molecule has 0 radical (unpaired) electrons. The van der Waals surface area contributed by atoms with E-state index in [1.165, 1.54) is 0 Å². The number of ether oxygens (including phenoxy) is 1. The second kappa shape index (κ2) is 10.5. The van der Waals surface area contributed by atoms with Crippen LogP contribution in [0.1, 0.15) is 29.8 Å². The van der Waals surface area contributed by atoms with Crippen LogP contribution in [-0.4, -0.2) is 83.0 Å². The van der Waals surface area contributed by atoms with Gasteiger partial charge in [-0.3, -0.25) is 15.0 Å². The molecule has 2 aliphatic rings. The zero-order valence-corrected chi connectivity index (χ0v) is 20.7. The van der Waals surface area contributed by atoms with Crippen molar-refractivity contribution in [2.75, 3.05) is 51.8 Å². The number of H-pyrrole nitrogens is 1. The number of hydrogen-bond donors (Lipinski definition) is 2. The summed E-state index contributed by atoms with van der Waals surface area (Å²) in [7, 11) is 1.80. The third-order valence-electron chi connectivity index (χ3n) is 7.00. The molecular formula is C27H32N6O3. The van der Waals surface area contributed by atoms with Gasteiger partial charge >= 0.3 is 6.03 Å². The number of anilines is 1. The number of aromatic amines is 1. The SMILES string of the molecule is CC(c1cc2ccccc2[nH]1)N(C)C(=O)/C=C/c1cnc2c(c1)CN(CCN1CCOCC1)C(=O)N2. The number of morpholine rings is 1. The Kier molecular flexibility index (Phi) is 7.02. The van der Waals surface area contributed by atoms with Crippen molar-refractivity contribution >= 4 is 34.7 Å². The van der Waals surface area contributed by atoms with Gasteiger partial charge in [-0.1, -0.05) is 18.2 Å². The summed E-state index contributed by atoms with van der Waals surface area (Å²) in [4.78, 5) is 39.0. The Morgan fingerprint density at radius 3 is 2.83 bits per heavy atom. The number of hydrogen-bond acceptors (Lipinski definition) is 5. The van der Waals surface area contributed by atoms with Crippen LogP contribution in [0.15, 0.2) is 48.7 Å². The van der Waals surface area contributed by atoms with Crippen LogP contribution < -0.4 is 5.32 Å². The monoisotopic (exact) mass is 488 g/mol. The minimum Gasteiger partial charge on any atom is -0.379 e. The van der Waals surface area contributed by atoms with Crippen LogP contribution in [0.25, 0.3) is 17.0 Å². The topological polar surface area (TPSA) is 93.8 Å². The van der Waals surface area contributed by atoms with Crippen molar-refractivity contribution in [2.24, 2.45) is 0 Å². The minimum absolute atomic E-state index is 0.0979. The number of nitrogens with one attached hydrogen (secondary N) is 2. The zero-order valence-electron chi connectivity index (χ0n) is 20.7. The fourth-order valence-corrected chi connectivity index (χ4v) is 4.58. The third kappa shape index (κ3) is 5.27. The van der Waals surface area contributed by atoms with Crippen LogP contribution in [0.3, 0.4) is 0 Å². The van der Waals surface area contributed by atoms with Gasteiger partial charge in [0.25, 0.3) is 0 Å². The van der Waals surface area contributed by atoms with Crippen LogP contribution >= 0.6 is 0 Å². The molecular weight excluding hydrogens is 456 g/mol. The summed E-state index contributed by atoms with van der Waals surface area (Å²) in [6, 6.07) is 11.9. The van der Waals surface area contributed by atoms with Gasteiger partial charge in [-0.2, -0.15) is 0 Å². The number of nitrogens with zero attached hydrogens (tertiary/aromatic N) is 4. The molecule has 4 heterocycles. The summed E-state index contributed by atoms with van der Waals surface area (Å²) in [5, 5.41) is 4.01. The molecule has 0 saturated carbocycles. The Hall–Kier alpha value is -3.69. The molecule has 0 bridgehead atoms. The number of benzene rings is 1. The first kappa shape index (κ1) is 24.0. The Bertz CT molecular complexity index is 1250. The average molecular weight is 489 g/mol. The van der Waals surface area contributed by atoms with Crippen molar-refractivity contribution in [1.82, 2.24) is 24.7 Å². The number of likely N-dealkylation sites (N-methyl/N-ethyl adjacent to an activating group) is 1. The summed E-state index contributed by atoms with van der Waals surface area (Å²) in [6.07, 6.45) is 5.02. The molecule has 1 saturated heterocycles. The summed E-state index contributed by atoms with van der Waals surface area (Å²) in [6.45, 7) is 7.21. The largest absolute Gasteiger partial charge is 0.379 e. The molecule has 0 spiro atoms. The second-order valence-corrected chi connectivity index (χ2v) is 9.35. The first-order chi connectivity index (χ1) is 17.5. The number of para-hydroxylation sites is 1. The van der Waals surface area contributed by atoms with E-state index in [9.17, 15) is 9.59 Å². The molecule has 1 aromatic carbocycles. The van der Waals surface area contributed by atoms with Gasteiger partial charge in [0.05, 0.1) is 25.8 Å². The first-order valence-corrected chi connectivity index (χ1v) is 12.4. The number of aromatic nitrogens is 2. The molecule has 2 N–H and O–H groups in total. The van der Waals surface area contributed by atoms with E-state index in [1.54, 1.807) is 35.2 Å². The number of carbonyl (C=O) groups excluding carboxylic acids is 2. The van der Waals surface area contributed by atoms with Gasteiger partial charge in [-0.05, 0) is 42.1 Å². The maximum Gasteiger partial charge on any atom is 0.323 e. The van der Waals surface area contributed by atoms with E-state index in [4.69, 9.17) is 4.74 Å². The van der Waals surface area contributed by atoms with Crippen molar-refractivity contribution in [1.29, 1.82) is 0 Å². The van der Waals surface area contributed by atoms with E-state index >= 15 is 0 Å². The zero-order chi connectivity index (χ0) is 25.1. The molecule has 1 fully saturated rings. The van der Waals surface area contributed by atoms with Gasteiger partial charge in [0, 0.05) is 62.3 Å². The minimum atomic E-state index is -0.130. The predicted molar refractivity (Wildman–Crippen MR) is 139 cm³/mol. The van der Waals surface area contributed by atoms with Crippen LogP contribution in [0.4, 0.5) is 10.6 Å². The number of pyridine rings is 1. The van der Waals surface area contributed by atoms with E-state index in [1.807, 2.05) is 31.2 Å². The highest BCUT2D eigenvalue weighted by molar-refractivity contribution is 5.93. The number of rotatable bonds is 7. The first-order valence-electron chi connectivity index (χ1n) is 12.4. The van der Waals surface area contributed by atoms with Crippen molar-refractivity contribution in [3.05, 3.63) is 65.5 Å². The third-order valence-corrected chi connectivity index (χ3v) is 7.00. The Morgan fingerprint density at radius 2 is 2.03 bits per heavy atom. The van der Waals surface area contributed by atoms with Gasteiger partial charge in [-0.15, -0.1) is 0 Å². The molecule has 9 nitrogen and oxygen atoms in total. The second-order valence-electron chi connectivity index (χ2n) is 9.35. The molecule has 2 aromatic heterocycles. The van der Waals surface area contributed by atoms with Gasteiger partial charge in [0.2, 0.25) is 5.91 Å². The lowest BCUT2D eigenvalue weighted by Crippen LogP contribution is -2.45. The maximum atomic E-state index is 12.9. The van der Waals surface area contributed by atoms with Gasteiger partial charge in [-0.25, -0.2) is 9.78 Å². The van der Waals surface area contributed by atoms with Crippen molar-refractivity contribution in [2.45, 2.75) is 19.5 Å². The number of urea groups is 1. The Labute approximate surface area is 210 Å². The normalized spacial score (nSPS) is 17.3. The molecule has 3 aromatic rings. The molecule has 36 heavy (non-hydrogen) atoms. The van der Waals surface area contributed by atoms with Crippen molar-refractivity contribution < 1.29 is 14.3 Å². The quantitative estimate of drug-likeness (QED) is 0.497. The van der Waals surface area contributed by atoms with Crippen LogP contribution in [-0.2, 0) is 16.1 Å². The molecule has 5 rings (SSSR count). The van der Waals surface area contributed by atoms with E-state index < -0.39 is 0 Å². The Morgan fingerprint density at radius 1 is 1.22 bits per heavy atom. The smallest absolute Gasteiger partial charge is 0.323 e. The maximum absolute atomic E-state index is 12.9. The van der Waals surface area contributed by atoms with E-state index in [0.717, 1.165) is 60.6 Å². The number of fused-ring (bicyclic) bond motifs is 2. The lowest BCUT2D eigenvalue weighted by atomic mass is 10.1. The van der Waals surface area contributed by atoms with Gasteiger partial charge < -0.3 is 19.5 Å². The van der Waals surface area contributed by atoms with E-state index in [-0.39, 0.29) is 18.0 Å². The van der Waals surface area contributed by atoms with Crippen LogP contribution in [0.5, 0.6) is 0 Å². The molecule has 1 unspecified atom stereocenters. The van der Waals surface area contributed by atoms with Crippen LogP contribution in [0.2, 0.25) is 0 Å². The van der Waals surface area contributed by atoms with E-state index in [2.05, 4.69) is 32.3 Å². The molecule has 9 heteroatoms. The lowest BCUT2D eigenvalue weighted by molar-refractivity contribution is -0.126. The lowest BCUT2D eigenvalue weighted by Gasteiger charge is -2.32. The van der Waals surface area contributed by atoms with Gasteiger partial charge in [0.15, 0.2) is 0 Å². The summed E-state index contributed by atoms with van der Waals surface area (Å²) in [5.74, 6) is 0.481. The standard InChI is InChI=1S/C27H32N6O3/c1-19(24-16-21-5-3-4-6-23(21)29-24)31(2)25(34)8-7-20-15-22-18-33(27(35)30-26(22)28-17-20)10-9-32-11-13-36-14-12-32/h3-8,15-17,19,29H,9-14,18H2,1-2H3,(H,28,30,35)/b8-7+. The molecule has 188 valence electrons. The Balaban J connectivity index is 1.22. The summed E-state index contributed by atoms with van der Waals surface area (Å²) in [5.41, 5.74) is 3.80. The van der Waals surface area contributed by atoms with E-state index in [0.29, 0.717) is 18.9 Å². The highest BCUT2D eigenvalue weighted by Gasteiger charge is 2.24. The summed E-state index contributed by atoms with van der Waals surface area (Å²) < 4.78 is 5.40. The number of amides is 3. The molecule has 0 aliphatic carbocycles. The molecule has 1 atom stereocenters. The van der Waals surface area contributed by atoms with Crippen LogP contribution in [0, 0.1) is 0 Å². The highest BCUT2D eigenvalue weighted by atomic mass is 16.5.